The smallest absolute Gasteiger partial charge is 0.410 e. The Morgan fingerprint density at radius 1 is 1.47 bits per heavy atom. The van der Waals surface area contributed by atoms with Gasteiger partial charge in [-0.25, -0.2) is 14.6 Å². The van der Waals surface area contributed by atoms with Crippen LogP contribution in [0, 0.1) is 0 Å². The summed E-state index contributed by atoms with van der Waals surface area (Å²) in [4.78, 5) is 27.8. The standard InChI is InChI=1S/C12H19N3O4/c1-12(2,3)19-11(18)14(4)5-6-15-8-13-7-9(15)10(16)17/h7-8H,5-6H2,1-4H3,(H,16,17). The lowest BCUT2D eigenvalue weighted by Crippen LogP contribution is -2.36. The molecule has 0 spiro atoms. The van der Waals surface area contributed by atoms with Crippen LogP contribution in [0.4, 0.5) is 4.79 Å². The van der Waals surface area contributed by atoms with E-state index in [0.29, 0.717) is 13.1 Å². The number of hydrogen-bond acceptors (Lipinski definition) is 4. The highest BCUT2D eigenvalue weighted by molar-refractivity contribution is 5.85. The molecule has 7 heteroatoms. The number of likely N-dealkylation sites (N-methyl/N-ethyl adjacent to an activating group) is 1. The second-order valence-corrected chi connectivity index (χ2v) is 5.18. The van der Waals surface area contributed by atoms with Gasteiger partial charge in [0.25, 0.3) is 0 Å². The van der Waals surface area contributed by atoms with E-state index >= 15 is 0 Å². The summed E-state index contributed by atoms with van der Waals surface area (Å²) in [5, 5.41) is 8.92. The van der Waals surface area contributed by atoms with Gasteiger partial charge in [0, 0.05) is 20.1 Å². The molecule has 7 nitrogen and oxygen atoms in total. The van der Waals surface area contributed by atoms with Crippen molar-refractivity contribution in [2.45, 2.75) is 32.9 Å². The Hall–Kier alpha value is -2.05. The average Bonchev–Trinajstić information content (AvgIpc) is 2.71. The number of carboxylic acid groups (broad SMARTS) is 1. The van der Waals surface area contributed by atoms with E-state index in [-0.39, 0.29) is 5.69 Å². The molecule has 0 radical (unpaired) electrons. The minimum absolute atomic E-state index is 0.0950. The van der Waals surface area contributed by atoms with Crippen molar-refractivity contribution in [3.05, 3.63) is 18.2 Å². The van der Waals surface area contributed by atoms with Gasteiger partial charge in [-0.2, -0.15) is 0 Å². The van der Waals surface area contributed by atoms with E-state index in [1.807, 2.05) is 0 Å². The molecule has 0 fully saturated rings. The van der Waals surface area contributed by atoms with E-state index in [4.69, 9.17) is 9.84 Å². The van der Waals surface area contributed by atoms with Crippen LogP contribution >= 0.6 is 0 Å². The van der Waals surface area contributed by atoms with Crippen LogP contribution in [0.5, 0.6) is 0 Å². The second-order valence-electron chi connectivity index (χ2n) is 5.18. The molecule has 0 aromatic carbocycles. The molecular formula is C12H19N3O4. The van der Waals surface area contributed by atoms with Crippen LogP contribution in [-0.2, 0) is 11.3 Å². The summed E-state index contributed by atoms with van der Waals surface area (Å²) in [6, 6.07) is 0. The molecule has 19 heavy (non-hydrogen) atoms. The monoisotopic (exact) mass is 269 g/mol. The molecule has 1 aromatic heterocycles. The van der Waals surface area contributed by atoms with Gasteiger partial charge < -0.3 is 19.3 Å². The molecule has 0 aliphatic carbocycles. The van der Waals surface area contributed by atoms with Crippen LogP contribution < -0.4 is 0 Å². The van der Waals surface area contributed by atoms with Gasteiger partial charge in [-0.3, -0.25) is 0 Å². The predicted molar refractivity (Wildman–Crippen MR) is 68.1 cm³/mol. The Morgan fingerprint density at radius 2 is 2.11 bits per heavy atom. The van der Waals surface area contributed by atoms with Crippen LogP contribution in [0.3, 0.4) is 0 Å². The summed E-state index contributed by atoms with van der Waals surface area (Å²) in [5.41, 5.74) is -0.454. The van der Waals surface area contributed by atoms with E-state index in [2.05, 4.69) is 4.98 Å². The molecule has 0 saturated carbocycles. The first kappa shape index (κ1) is 15.0. The largest absolute Gasteiger partial charge is 0.477 e. The SMILES string of the molecule is CN(CCn1cncc1C(=O)O)C(=O)OC(C)(C)C. The van der Waals surface area contributed by atoms with Crippen molar-refractivity contribution >= 4 is 12.1 Å². The van der Waals surface area contributed by atoms with Crippen LogP contribution in [0.15, 0.2) is 12.5 Å². The zero-order valence-electron chi connectivity index (χ0n) is 11.6. The lowest BCUT2D eigenvalue weighted by molar-refractivity contribution is 0.0293. The van der Waals surface area contributed by atoms with Crippen molar-refractivity contribution in [1.82, 2.24) is 14.5 Å². The number of carbonyl (C=O) groups is 2. The van der Waals surface area contributed by atoms with Crippen molar-refractivity contribution < 1.29 is 19.4 Å². The molecule has 1 aromatic rings. The van der Waals surface area contributed by atoms with Gasteiger partial charge in [0.15, 0.2) is 0 Å². The molecule has 1 heterocycles. The number of hydrogen-bond donors (Lipinski definition) is 1. The summed E-state index contributed by atoms with van der Waals surface area (Å²) >= 11 is 0. The number of amides is 1. The molecule has 1 N–H and O–H groups in total. The zero-order chi connectivity index (χ0) is 14.6. The fraction of sp³-hybridized carbons (Fsp3) is 0.583. The van der Waals surface area contributed by atoms with Gasteiger partial charge in [-0.1, -0.05) is 0 Å². The number of ether oxygens (including phenoxy) is 1. The highest BCUT2D eigenvalue weighted by Gasteiger charge is 2.19. The van der Waals surface area contributed by atoms with Gasteiger partial charge in [-0.15, -0.1) is 0 Å². The molecule has 1 amide bonds. The van der Waals surface area contributed by atoms with E-state index in [0.717, 1.165) is 0 Å². The third kappa shape index (κ3) is 4.61. The highest BCUT2D eigenvalue weighted by atomic mass is 16.6. The number of imidazole rings is 1. The minimum Gasteiger partial charge on any atom is -0.477 e. The fourth-order valence-electron chi connectivity index (χ4n) is 1.37. The number of rotatable bonds is 4. The fourth-order valence-corrected chi connectivity index (χ4v) is 1.37. The Balaban J connectivity index is 2.54. The van der Waals surface area contributed by atoms with Gasteiger partial charge >= 0.3 is 12.1 Å². The molecule has 0 unspecified atom stereocenters. The number of nitrogens with zero attached hydrogens (tertiary/aromatic N) is 3. The summed E-state index contributed by atoms with van der Waals surface area (Å²) < 4.78 is 6.67. The van der Waals surface area contributed by atoms with Gasteiger partial charge in [0.2, 0.25) is 0 Å². The Kier molecular flexibility index (Phi) is 4.52. The van der Waals surface area contributed by atoms with E-state index in [1.165, 1.54) is 22.0 Å². The van der Waals surface area contributed by atoms with E-state index < -0.39 is 17.7 Å². The molecular weight excluding hydrogens is 250 g/mol. The maximum absolute atomic E-state index is 11.7. The topological polar surface area (TPSA) is 84.7 Å². The highest BCUT2D eigenvalue weighted by Crippen LogP contribution is 2.09. The van der Waals surface area contributed by atoms with Crippen molar-refractivity contribution in [3.8, 4) is 0 Å². The first-order chi connectivity index (χ1) is 8.70. The Morgan fingerprint density at radius 3 is 2.63 bits per heavy atom. The number of carboxylic acids is 1. The normalized spacial score (nSPS) is 11.2. The molecule has 0 atom stereocenters. The average molecular weight is 269 g/mol. The Bertz CT molecular complexity index is 462. The van der Waals surface area contributed by atoms with Crippen molar-refractivity contribution in [1.29, 1.82) is 0 Å². The van der Waals surface area contributed by atoms with Gasteiger partial charge in [0.1, 0.15) is 11.3 Å². The van der Waals surface area contributed by atoms with Crippen molar-refractivity contribution in [2.75, 3.05) is 13.6 Å². The first-order valence-corrected chi connectivity index (χ1v) is 5.88. The molecule has 1 rings (SSSR count). The third-order valence-corrected chi connectivity index (χ3v) is 2.31. The van der Waals surface area contributed by atoms with Crippen molar-refractivity contribution in [2.24, 2.45) is 0 Å². The van der Waals surface area contributed by atoms with Gasteiger partial charge in [-0.05, 0) is 20.8 Å². The number of carbonyl (C=O) groups excluding carboxylic acids is 1. The van der Waals surface area contributed by atoms with E-state index in [9.17, 15) is 9.59 Å². The van der Waals surface area contributed by atoms with Crippen LogP contribution in [-0.4, -0.2) is 50.8 Å². The summed E-state index contributed by atoms with van der Waals surface area (Å²) in [6.45, 7) is 6.05. The second kappa shape index (κ2) is 5.73. The van der Waals surface area contributed by atoms with Crippen molar-refractivity contribution in [3.63, 3.8) is 0 Å². The molecule has 0 saturated heterocycles. The number of aromatic nitrogens is 2. The number of aromatic carboxylic acids is 1. The maximum Gasteiger partial charge on any atom is 0.410 e. The molecule has 0 bridgehead atoms. The predicted octanol–water partition coefficient (Wildman–Crippen LogP) is 1.45. The Labute approximate surface area is 111 Å². The van der Waals surface area contributed by atoms with Gasteiger partial charge in [0.05, 0.1) is 12.5 Å². The van der Waals surface area contributed by atoms with Crippen LogP contribution in [0.1, 0.15) is 31.3 Å². The minimum atomic E-state index is -1.04. The molecule has 106 valence electrons. The zero-order valence-corrected chi connectivity index (χ0v) is 11.6. The van der Waals surface area contributed by atoms with E-state index in [1.54, 1.807) is 27.8 Å². The first-order valence-electron chi connectivity index (χ1n) is 5.88. The summed E-state index contributed by atoms with van der Waals surface area (Å²) in [6.07, 6.45) is 2.26. The maximum atomic E-state index is 11.7. The lowest BCUT2D eigenvalue weighted by atomic mass is 10.2. The third-order valence-electron chi connectivity index (χ3n) is 2.31. The molecule has 0 aliphatic heterocycles. The summed E-state index contributed by atoms with van der Waals surface area (Å²) in [7, 11) is 1.60. The molecule has 0 aliphatic rings. The quantitative estimate of drug-likeness (QED) is 0.894. The van der Waals surface area contributed by atoms with Crippen LogP contribution in [0.2, 0.25) is 0 Å². The van der Waals surface area contributed by atoms with Crippen LogP contribution in [0.25, 0.3) is 0 Å². The summed E-state index contributed by atoms with van der Waals surface area (Å²) in [5.74, 6) is -1.04. The lowest BCUT2D eigenvalue weighted by Gasteiger charge is -2.24.